The second-order valence-corrected chi connectivity index (χ2v) is 7.85. The van der Waals surface area contributed by atoms with Crippen molar-refractivity contribution in [3.63, 3.8) is 0 Å². The summed E-state index contributed by atoms with van der Waals surface area (Å²) in [5, 5.41) is 0. The molecule has 2 aromatic rings. The number of carbonyl (C=O) groups excluding carboxylic acids is 1. The lowest BCUT2D eigenvalue weighted by atomic mass is 10.1. The molecule has 1 saturated heterocycles. The van der Waals surface area contributed by atoms with Gasteiger partial charge in [-0.05, 0) is 43.7 Å². The van der Waals surface area contributed by atoms with E-state index in [1.165, 1.54) is 5.69 Å². The first kappa shape index (κ1) is 18.8. The second-order valence-electron chi connectivity index (χ2n) is 7.85. The van der Waals surface area contributed by atoms with Crippen LogP contribution in [-0.2, 0) is 7.05 Å². The predicted octanol–water partition coefficient (Wildman–Crippen LogP) is 3.01. The van der Waals surface area contributed by atoms with Gasteiger partial charge in [-0.25, -0.2) is 0 Å². The summed E-state index contributed by atoms with van der Waals surface area (Å²) in [6, 6.07) is 10.7. The van der Waals surface area contributed by atoms with Gasteiger partial charge in [-0.2, -0.15) is 0 Å². The predicted molar refractivity (Wildman–Crippen MR) is 115 cm³/mol. The summed E-state index contributed by atoms with van der Waals surface area (Å²) in [6.45, 7) is 8.92. The number of amides is 1. The molecule has 2 aliphatic heterocycles. The number of anilines is 1. The number of para-hydroxylation sites is 1. The summed E-state index contributed by atoms with van der Waals surface area (Å²) in [4.78, 5) is 20.0. The minimum Gasteiger partial charge on any atom is -0.369 e. The maximum absolute atomic E-state index is 13.0. The maximum Gasteiger partial charge on any atom is 0.256 e. The monoisotopic (exact) mass is 378 g/mol. The van der Waals surface area contributed by atoms with Crippen molar-refractivity contribution in [1.29, 1.82) is 0 Å². The molecule has 0 bridgehead atoms. The van der Waals surface area contributed by atoms with Gasteiger partial charge in [-0.1, -0.05) is 24.3 Å². The Hall–Kier alpha value is -2.53. The van der Waals surface area contributed by atoms with Gasteiger partial charge in [0.1, 0.15) is 0 Å². The van der Waals surface area contributed by atoms with E-state index < -0.39 is 0 Å². The van der Waals surface area contributed by atoms with Crippen molar-refractivity contribution in [1.82, 2.24) is 14.4 Å². The van der Waals surface area contributed by atoms with E-state index in [0.29, 0.717) is 6.54 Å². The molecular formula is C23H30N4O. The summed E-state index contributed by atoms with van der Waals surface area (Å²) in [5.41, 5.74) is 4.28. The fraction of sp³-hybridized carbons (Fsp3) is 0.435. The van der Waals surface area contributed by atoms with Gasteiger partial charge < -0.3 is 14.4 Å². The third-order valence-electron chi connectivity index (χ3n) is 5.92. The van der Waals surface area contributed by atoms with Crippen molar-refractivity contribution >= 4 is 17.7 Å². The Labute approximate surface area is 167 Å². The van der Waals surface area contributed by atoms with E-state index in [1.54, 1.807) is 0 Å². The fourth-order valence-electron chi connectivity index (χ4n) is 4.36. The van der Waals surface area contributed by atoms with Gasteiger partial charge in [0.2, 0.25) is 0 Å². The lowest BCUT2D eigenvalue weighted by Gasteiger charge is -2.36. The van der Waals surface area contributed by atoms with Crippen LogP contribution in [0, 0.1) is 6.92 Å². The van der Waals surface area contributed by atoms with Crippen LogP contribution in [0.1, 0.15) is 28.0 Å². The molecule has 3 heterocycles. The van der Waals surface area contributed by atoms with Crippen molar-refractivity contribution in [2.45, 2.75) is 13.3 Å². The Bertz CT molecular complexity index is 847. The van der Waals surface area contributed by atoms with Crippen LogP contribution in [0.2, 0.25) is 0 Å². The highest BCUT2D eigenvalue weighted by Gasteiger charge is 2.24. The van der Waals surface area contributed by atoms with Crippen molar-refractivity contribution in [2.24, 2.45) is 7.05 Å². The van der Waals surface area contributed by atoms with Crippen LogP contribution in [0.4, 0.5) is 5.69 Å². The Kier molecular flexibility index (Phi) is 5.53. The number of aryl methyl sites for hydroxylation is 2. The molecule has 0 unspecified atom stereocenters. The van der Waals surface area contributed by atoms with Crippen molar-refractivity contribution in [3.05, 3.63) is 59.4 Å². The topological polar surface area (TPSA) is 31.7 Å². The van der Waals surface area contributed by atoms with Gasteiger partial charge in [0.15, 0.2) is 0 Å². The number of piperazine rings is 1. The molecule has 0 atom stereocenters. The van der Waals surface area contributed by atoms with Gasteiger partial charge in [-0.3, -0.25) is 9.69 Å². The molecule has 0 N–H and O–H groups in total. The lowest BCUT2D eigenvalue weighted by Crippen LogP contribution is -2.47. The van der Waals surface area contributed by atoms with Crippen molar-refractivity contribution in [2.75, 3.05) is 50.7 Å². The smallest absolute Gasteiger partial charge is 0.256 e. The quantitative estimate of drug-likeness (QED) is 0.802. The van der Waals surface area contributed by atoms with Crippen LogP contribution in [0.5, 0.6) is 0 Å². The Balaban J connectivity index is 1.27. The summed E-state index contributed by atoms with van der Waals surface area (Å²) in [5.74, 6) is 0.173. The van der Waals surface area contributed by atoms with E-state index in [9.17, 15) is 4.79 Å². The summed E-state index contributed by atoms with van der Waals surface area (Å²) < 4.78 is 2.05. The Morgan fingerprint density at radius 3 is 2.50 bits per heavy atom. The summed E-state index contributed by atoms with van der Waals surface area (Å²) in [6.07, 6.45) is 7.26. The number of hydrogen-bond donors (Lipinski definition) is 0. The maximum atomic E-state index is 13.0. The van der Waals surface area contributed by atoms with Crippen molar-refractivity contribution in [3.8, 4) is 0 Å². The molecule has 28 heavy (non-hydrogen) atoms. The van der Waals surface area contributed by atoms with Gasteiger partial charge in [0.25, 0.3) is 5.91 Å². The molecule has 1 aromatic carbocycles. The first-order chi connectivity index (χ1) is 13.6. The fourth-order valence-corrected chi connectivity index (χ4v) is 4.36. The average molecular weight is 379 g/mol. The summed E-state index contributed by atoms with van der Waals surface area (Å²) >= 11 is 0. The largest absolute Gasteiger partial charge is 0.369 e. The number of carbonyl (C=O) groups is 1. The number of rotatable bonds is 5. The van der Waals surface area contributed by atoms with Gasteiger partial charge in [0, 0.05) is 58.2 Å². The zero-order chi connectivity index (χ0) is 19.5. The molecule has 2 aliphatic rings. The number of aromatic nitrogens is 1. The molecule has 5 heteroatoms. The van der Waals surface area contributed by atoms with E-state index >= 15 is 0 Å². The van der Waals surface area contributed by atoms with E-state index in [4.69, 9.17) is 0 Å². The molecule has 1 aromatic heterocycles. The van der Waals surface area contributed by atoms with Gasteiger partial charge in [-0.15, -0.1) is 0 Å². The zero-order valence-electron chi connectivity index (χ0n) is 17.0. The summed E-state index contributed by atoms with van der Waals surface area (Å²) in [7, 11) is 2.01. The highest BCUT2D eigenvalue weighted by Crippen LogP contribution is 2.22. The molecule has 1 fully saturated rings. The molecule has 0 radical (unpaired) electrons. The molecular weight excluding hydrogens is 348 g/mol. The average Bonchev–Trinajstić information content (AvgIpc) is 2.89. The van der Waals surface area contributed by atoms with Gasteiger partial charge >= 0.3 is 0 Å². The zero-order valence-corrected chi connectivity index (χ0v) is 17.0. The standard InChI is InChI=1S/C23H30N4O/c1-19-18-24(2)21-10-6-12-27(23(28)22(19)21)13-7-11-25-14-16-26(17-15-25)20-8-4-3-5-9-20/h3-6,8-10,18H,7,11-17H2,1-2H3. The number of nitrogens with zero attached hydrogens (tertiary/aromatic N) is 4. The number of benzene rings is 1. The third kappa shape index (κ3) is 3.85. The van der Waals surface area contributed by atoms with Crippen LogP contribution in [0.15, 0.2) is 42.6 Å². The normalized spacial score (nSPS) is 17.7. The number of hydrogen-bond acceptors (Lipinski definition) is 3. The van der Waals surface area contributed by atoms with Crippen LogP contribution in [0.3, 0.4) is 0 Å². The van der Waals surface area contributed by atoms with Crippen LogP contribution < -0.4 is 4.90 Å². The van der Waals surface area contributed by atoms with E-state index in [0.717, 1.165) is 62.5 Å². The first-order valence-electron chi connectivity index (χ1n) is 10.3. The van der Waals surface area contributed by atoms with E-state index in [1.807, 2.05) is 25.1 Å². The van der Waals surface area contributed by atoms with E-state index in [2.05, 4.69) is 56.9 Å². The Morgan fingerprint density at radius 1 is 1.00 bits per heavy atom. The molecule has 0 aliphatic carbocycles. The third-order valence-corrected chi connectivity index (χ3v) is 5.92. The molecule has 4 rings (SSSR count). The molecule has 1 amide bonds. The van der Waals surface area contributed by atoms with Gasteiger partial charge in [0.05, 0.1) is 11.3 Å². The van der Waals surface area contributed by atoms with Crippen LogP contribution >= 0.6 is 0 Å². The molecule has 148 valence electrons. The second kappa shape index (κ2) is 8.23. The lowest BCUT2D eigenvalue weighted by molar-refractivity contribution is 0.0767. The molecule has 5 nitrogen and oxygen atoms in total. The Morgan fingerprint density at radius 2 is 1.75 bits per heavy atom. The van der Waals surface area contributed by atoms with E-state index in [-0.39, 0.29) is 5.91 Å². The van der Waals surface area contributed by atoms with Crippen LogP contribution in [-0.4, -0.2) is 66.1 Å². The first-order valence-corrected chi connectivity index (χ1v) is 10.3. The highest BCUT2D eigenvalue weighted by atomic mass is 16.2. The van der Waals surface area contributed by atoms with Crippen molar-refractivity contribution < 1.29 is 4.79 Å². The highest BCUT2D eigenvalue weighted by molar-refractivity contribution is 5.99. The molecule has 0 spiro atoms. The molecule has 0 saturated carbocycles. The SMILES string of the molecule is Cc1cn(C)c2c1C(=O)N(CCCN1CCN(c3ccccc3)CC1)CC=C2. The number of fused-ring (bicyclic) bond motifs is 1. The minimum absolute atomic E-state index is 0.173. The minimum atomic E-state index is 0.173. The van der Waals surface area contributed by atoms with Crippen LogP contribution in [0.25, 0.3) is 6.08 Å².